The van der Waals surface area contributed by atoms with Crippen molar-refractivity contribution >= 4 is 5.82 Å². The predicted molar refractivity (Wildman–Crippen MR) is 83.1 cm³/mol. The standard InChI is InChI=1S/C11H19N3O.C4H8O2/c1-8(15-4)9-5-6-11(12)13-10(9)7-14(2)3;1-2-6-4-3-5-1/h5-6,8H,7H2,1-4H3,(H2,12,13);1-4H2. The second-order valence-corrected chi connectivity index (χ2v) is 5.11. The highest BCUT2D eigenvalue weighted by Gasteiger charge is 2.12. The van der Waals surface area contributed by atoms with E-state index < -0.39 is 0 Å². The molecule has 21 heavy (non-hydrogen) atoms. The number of nitrogen functional groups attached to an aromatic ring is 1. The first kappa shape index (κ1) is 17.8. The van der Waals surface area contributed by atoms with Crippen LogP contribution in [-0.4, -0.2) is 57.5 Å². The topological polar surface area (TPSA) is 69.8 Å². The van der Waals surface area contributed by atoms with Gasteiger partial charge in [-0.25, -0.2) is 4.98 Å². The minimum Gasteiger partial charge on any atom is -0.384 e. The summed E-state index contributed by atoms with van der Waals surface area (Å²) in [6.07, 6.45) is 0.0491. The summed E-state index contributed by atoms with van der Waals surface area (Å²) in [5.41, 5.74) is 7.75. The third kappa shape index (κ3) is 6.86. The van der Waals surface area contributed by atoms with Crippen molar-refractivity contribution in [2.24, 2.45) is 0 Å². The summed E-state index contributed by atoms with van der Waals surface area (Å²) in [6, 6.07) is 3.79. The molecule has 2 heterocycles. The van der Waals surface area contributed by atoms with E-state index in [9.17, 15) is 0 Å². The average molecular weight is 297 g/mol. The van der Waals surface area contributed by atoms with Gasteiger partial charge in [-0.2, -0.15) is 0 Å². The molecule has 0 saturated carbocycles. The van der Waals surface area contributed by atoms with Gasteiger partial charge in [0.2, 0.25) is 0 Å². The highest BCUT2D eigenvalue weighted by atomic mass is 16.6. The van der Waals surface area contributed by atoms with Crippen LogP contribution in [0.2, 0.25) is 0 Å². The van der Waals surface area contributed by atoms with Crippen molar-refractivity contribution in [1.82, 2.24) is 9.88 Å². The Morgan fingerprint density at radius 3 is 2.24 bits per heavy atom. The van der Waals surface area contributed by atoms with Crippen LogP contribution in [-0.2, 0) is 20.8 Å². The molecule has 6 nitrogen and oxygen atoms in total. The van der Waals surface area contributed by atoms with Crippen molar-refractivity contribution in [3.8, 4) is 0 Å². The van der Waals surface area contributed by atoms with E-state index in [-0.39, 0.29) is 6.10 Å². The monoisotopic (exact) mass is 297 g/mol. The number of anilines is 1. The van der Waals surface area contributed by atoms with Gasteiger partial charge in [0.1, 0.15) is 5.82 Å². The summed E-state index contributed by atoms with van der Waals surface area (Å²) in [7, 11) is 5.71. The molecule has 1 aromatic rings. The van der Waals surface area contributed by atoms with Crippen molar-refractivity contribution in [2.45, 2.75) is 19.6 Å². The van der Waals surface area contributed by atoms with Gasteiger partial charge in [0, 0.05) is 19.2 Å². The minimum absolute atomic E-state index is 0.0491. The Hall–Kier alpha value is -1.21. The normalized spacial score (nSPS) is 16.2. The lowest BCUT2D eigenvalue weighted by Crippen LogP contribution is -2.16. The zero-order valence-corrected chi connectivity index (χ0v) is 13.5. The Bertz CT molecular complexity index is 398. The molecular weight excluding hydrogens is 270 g/mol. The fourth-order valence-corrected chi connectivity index (χ4v) is 1.89. The van der Waals surface area contributed by atoms with E-state index in [0.717, 1.165) is 44.2 Å². The SMILES string of the molecule is C1COCCO1.COC(C)c1ccc(N)nc1CN(C)C. The Balaban J connectivity index is 0.000000304. The summed E-state index contributed by atoms with van der Waals surface area (Å²) in [4.78, 5) is 6.40. The molecule has 0 spiro atoms. The molecule has 1 atom stereocenters. The maximum Gasteiger partial charge on any atom is 0.123 e. The van der Waals surface area contributed by atoms with Crippen molar-refractivity contribution in [3.63, 3.8) is 0 Å². The van der Waals surface area contributed by atoms with E-state index in [1.165, 1.54) is 0 Å². The molecule has 0 aliphatic carbocycles. The fourth-order valence-electron chi connectivity index (χ4n) is 1.89. The largest absolute Gasteiger partial charge is 0.384 e. The zero-order chi connectivity index (χ0) is 15.7. The van der Waals surface area contributed by atoms with Crippen molar-refractivity contribution in [1.29, 1.82) is 0 Å². The quantitative estimate of drug-likeness (QED) is 0.907. The van der Waals surface area contributed by atoms with Gasteiger partial charge in [-0.05, 0) is 27.1 Å². The van der Waals surface area contributed by atoms with Crippen LogP contribution in [0.15, 0.2) is 12.1 Å². The molecule has 0 radical (unpaired) electrons. The number of hydrogen-bond donors (Lipinski definition) is 1. The minimum atomic E-state index is 0.0491. The Morgan fingerprint density at radius 2 is 1.81 bits per heavy atom. The lowest BCUT2D eigenvalue weighted by molar-refractivity contribution is -0.0334. The smallest absolute Gasteiger partial charge is 0.123 e. The molecular formula is C15H27N3O3. The van der Waals surface area contributed by atoms with Crippen LogP contribution in [0.1, 0.15) is 24.3 Å². The van der Waals surface area contributed by atoms with Crippen LogP contribution in [0.3, 0.4) is 0 Å². The maximum atomic E-state index is 5.67. The summed E-state index contributed by atoms with van der Waals surface area (Å²) < 4.78 is 15.2. The van der Waals surface area contributed by atoms with Crippen LogP contribution in [0.25, 0.3) is 0 Å². The van der Waals surface area contributed by atoms with Crippen molar-refractivity contribution in [3.05, 3.63) is 23.4 Å². The van der Waals surface area contributed by atoms with E-state index in [1.807, 2.05) is 33.2 Å². The van der Waals surface area contributed by atoms with E-state index >= 15 is 0 Å². The van der Waals surface area contributed by atoms with E-state index in [0.29, 0.717) is 5.82 Å². The van der Waals surface area contributed by atoms with Gasteiger partial charge in [0.15, 0.2) is 0 Å². The third-order valence-corrected chi connectivity index (χ3v) is 3.03. The van der Waals surface area contributed by atoms with Crippen LogP contribution in [0, 0.1) is 0 Å². The van der Waals surface area contributed by atoms with Gasteiger partial charge in [0.25, 0.3) is 0 Å². The van der Waals surface area contributed by atoms with Gasteiger partial charge in [-0.15, -0.1) is 0 Å². The van der Waals surface area contributed by atoms with Crippen molar-refractivity contribution < 1.29 is 14.2 Å². The van der Waals surface area contributed by atoms with E-state index in [2.05, 4.69) is 9.88 Å². The second-order valence-electron chi connectivity index (χ2n) is 5.11. The van der Waals surface area contributed by atoms with Crippen LogP contribution in [0.5, 0.6) is 0 Å². The molecule has 1 fully saturated rings. The zero-order valence-electron chi connectivity index (χ0n) is 13.5. The number of aromatic nitrogens is 1. The molecule has 0 bridgehead atoms. The van der Waals surface area contributed by atoms with Gasteiger partial charge in [-0.1, -0.05) is 6.07 Å². The molecule has 2 N–H and O–H groups in total. The molecule has 1 aliphatic heterocycles. The van der Waals surface area contributed by atoms with Crippen LogP contribution in [0.4, 0.5) is 5.82 Å². The van der Waals surface area contributed by atoms with Crippen LogP contribution >= 0.6 is 0 Å². The lowest BCUT2D eigenvalue weighted by Gasteiger charge is -2.17. The first-order chi connectivity index (χ1) is 10.0. The second kappa shape index (κ2) is 9.68. The Labute approximate surface area is 127 Å². The summed E-state index contributed by atoms with van der Waals surface area (Å²) in [5.74, 6) is 0.555. The first-order valence-corrected chi connectivity index (χ1v) is 7.13. The highest BCUT2D eigenvalue weighted by molar-refractivity contribution is 5.35. The predicted octanol–water partition coefficient (Wildman–Crippen LogP) is 1.47. The Morgan fingerprint density at radius 1 is 1.24 bits per heavy atom. The number of rotatable bonds is 4. The van der Waals surface area contributed by atoms with Gasteiger partial charge >= 0.3 is 0 Å². The van der Waals surface area contributed by atoms with E-state index in [1.54, 1.807) is 7.11 Å². The molecule has 0 aromatic carbocycles. The molecule has 1 aliphatic rings. The molecule has 1 saturated heterocycles. The van der Waals surface area contributed by atoms with Crippen LogP contribution < -0.4 is 5.73 Å². The first-order valence-electron chi connectivity index (χ1n) is 7.13. The fraction of sp³-hybridized carbons (Fsp3) is 0.667. The summed E-state index contributed by atoms with van der Waals surface area (Å²) in [5, 5.41) is 0. The highest BCUT2D eigenvalue weighted by Crippen LogP contribution is 2.21. The maximum absolute atomic E-state index is 5.67. The number of methoxy groups -OCH3 is 1. The molecule has 1 unspecified atom stereocenters. The average Bonchev–Trinajstić information content (AvgIpc) is 2.48. The molecule has 120 valence electrons. The summed E-state index contributed by atoms with van der Waals surface area (Å²) in [6.45, 7) is 5.89. The molecule has 1 aromatic heterocycles. The van der Waals surface area contributed by atoms with Gasteiger partial charge < -0.3 is 24.8 Å². The number of nitrogens with zero attached hydrogens (tertiary/aromatic N) is 2. The van der Waals surface area contributed by atoms with Gasteiger partial charge in [0.05, 0.1) is 38.2 Å². The lowest BCUT2D eigenvalue weighted by atomic mass is 10.1. The van der Waals surface area contributed by atoms with E-state index in [4.69, 9.17) is 19.9 Å². The number of ether oxygens (including phenoxy) is 3. The molecule has 6 heteroatoms. The van der Waals surface area contributed by atoms with Gasteiger partial charge in [-0.3, -0.25) is 0 Å². The third-order valence-electron chi connectivity index (χ3n) is 3.03. The van der Waals surface area contributed by atoms with Crippen molar-refractivity contribution in [2.75, 3.05) is 53.4 Å². The molecule has 0 amide bonds. The Kier molecular flexibility index (Phi) is 8.22. The summed E-state index contributed by atoms with van der Waals surface area (Å²) >= 11 is 0. The number of pyridine rings is 1. The number of nitrogens with two attached hydrogens (primary N) is 1. The molecule has 2 rings (SSSR count). The number of hydrogen-bond acceptors (Lipinski definition) is 6.